The van der Waals surface area contributed by atoms with Crippen LogP contribution in [0, 0.1) is 5.92 Å². The van der Waals surface area contributed by atoms with Crippen LogP contribution in [0.15, 0.2) is 16.5 Å². The quantitative estimate of drug-likeness (QED) is 0.735. The zero-order valence-electron chi connectivity index (χ0n) is 10.3. The molecule has 1 aromatic heterocycles. The van der Waals surface area contributed by atoms with Crippen molar-refractivity contribution < 1.29 is 9.21 Å². The summed E-state index contributed by atoms with van der Waals surface area (Å²) in [6, 6.07) is 4.40. The number of hydrogen-bond donors (Lipinski definition) is 0. The van der Waals surface area contributed by atoms with Gasteiger partial charge in [0.1, 0.15) is 0 Å². The van der Waals surface area contributed by atoms with Gasteiger partial charge in [-0.2, -0.15) is 0 Å². The molecule has 1 aliphatic heterocycles. The van der Waals surface area contributed by atoms with E-state index in [1.54, 1.807) is 13.0 Å². The van der Waals surface area contributed by atoms with Crippen LogP contribution in [0.3, 0.4) is 0 Å². The minimum atomic E-state index is 0.00985. The Morgan fingerprint density at radius 2 is 2.12 bits per heavy atom. The number of rotatable bonds is 2. The van der Waals surface area contributed by atoms with Crippen LogP contribution >= 0.6 is 0 Å². The second-order valence-electron chi connectivity index (χ2n) is 5.29. The SMILES string of the molecule is CC(=O)c1ccc(N2CCC3CCCCC32)o1. The van der Waals surface area contributed by atoms with E-state index in [4.69, 9.17) is 4.42 Å². The molecule has 0 N–H and O–H groups in total. The maximum Gasteiger partial charge on any atom is 0.196 e. The van der Waals surface area contributed by atoms with Crippen LogP contribution < -0.4 is 4.90 Å². The Balaban J connectivity index is 1.81. The van der Waals surface area contributed by atoms with Crippen LogP contribution in [0.25, 0.3) is 0 Å². The predicted octanol–water partition coefficient (Wildman–Crippen LogP) is 3.25. The van der Waals surface area contributed by atoms with Crippen molar-refractivity contribution >= 4 is 11.7 Å². The fourth-order valence-corrected chi connectivity index (χ4v) is 3.35. The first-order chi connectivity index (χ1) is 8.25. The molecule has 0 spiro atoms. The van der Waals surface area contributed by atoms with E-state index in [1.807, 2.05) is 6.07 Å². The molecule has 1 aromatic rings. The van der Waals surface area contributed by atoms with Crippen LogP contribution in [0.4, 0.5) is 5.88 Å². The number of fused-ring (bicyclic) bond motifs is 1. The number of carbonyl (C=O) groups excluding carboxylic acids is 1. The average molecular weight is 233 g/mol. The van der Waals surface area contributed by atoms with Gasteiger partial charge in [0.2, 0.25) is 0 Å². The molecule has 2 fully saturated rings. The molecule has 2 heterocycles. The molecule has 92 valence electrons. The van der Waals surface area contributed by atoms with Gasteiger partial charge in [-0.3, -0.25) is 4.79 Å². The van der Waals surface area contributed by atoms with Gasteiger partial charge in [0.15, 0.2) is 17.4 Å². The molecule has 2 atom stereocenters. The fraction of sp³-hybridized carbons (Fsp3) is 0.643. The van der Waals surface area contributed by atoms with Crippen molar-refractivity contribution in [3.05, 3.63) is 17.9 Å². The van der Waals surface area contributed by atoms with Crippen molar-refractivity contribution in [1.29, 1.82) is 0 Å². The summed E-state index contributed by atoms with van der Waals surface area (Å²) in [4.78, 5) is 13.6. The van der Waals surface area contributed by atoms with Gasteiger partial charge >= 0.3 is 0 Å². The lowest BCUT2D eigenvalue weighted by molar-refractivity contribution is 0.0987. The minimum absolute atomic E-state index is 0.00985. The third-order valence-corrected chi connectivity index (χ3v) is 4.23. The topological polar surface area (TPSA) is 33.5 Å². The van der Waals surface area contributed by atoms with Crippen molar-refractivity contribution in [3.63, 3.8) is 0 Å². The highest BCUT2D eigenvalue weighted by molar-refractivity contribution is 5.91. The first kappa shape index (κ1) is 10.9. The van der Waals surface area contributed by atoms with Crippen molar-refractivity contribution in [3.8, 4) is 0 Å². The average Bonchev–Trinajstić information content (AvgIpc) is 2.95. The summed E-state index contributed by atoms with van der Waals surface area (Å²) in [6.07, 6.45) is 6.63. The van der Waals surface area contributed by atoms with E-state index in [0.717, 1.165) is 18.3 Å². The van der Waals surface area contributed by atoms with Crippen LogP contribution in [0.1, 0.15) is 49.6 Å². The van der Waals surface area contributed by atoms with Crippen molar-refractivity contribution in [2.75, 3.05) is 11.4 Å². The first-order valence-corrected chi connectivity index (χ1v) is 6.63. The fourth-order valence-electron chi connectivity index (χ4n) is 3.35. The monoisotopic (exact) mass is 233 g/mol. The van der Waals surface area contributed by atoms with Crippen LogP contribution in [-0.2, 0) is 0 Å². The maximum absolute atomic E-state index is 11.2. The molecule has 1 aliphatic carbocycles. The van der Waals surface area contributed by atoms with Gasteiger partial charge in [0.25, 0.3) is 0 Å². The van der Waals surface area contributed by atoms with Crippen LogP contribution in [-0.4, -0.2) is 18.4 Å². The van der Waals surface area contributed by atoms with Gasteiger partial charge in [-0.15, -0.1) is 0 Å². The van der Waals surface area contributed by atoms with Gasteiger partial charge < -0.3 is 9.32 Å². The minimum Gasteiger partial charge on any atom is -0.437 e. The second-order valence-corrected chi connectivity index (χ2v) is 5.29. The predicted molar refractivity (Wildman–Crippen MR) is 66.4 cm³/mol. The summed E-state index contributed by atoms with van der Waals surface area (Å²) in [6.45, 7) is 2.64. The molecule has 3 rings (SSSR count). The lowest BCUT2D eigenvalue weighted by Crippen LogP contribution is -2.34. The molecular weight excluding hydrogens is 214 g/mol. The molecular formula is C14H19NO2. The number of carbonyl (C=O) groups is 1. The highest BCUT2D eigenvalue weighted by atomic mass is 16.4. The summed E-state index contributed by atoms with van der Waals surface area (Å²) in [7, 11) is 0. The van der Waals surface area contributed by atoms with E-state index in [0.29, 0.717) is 11.8 Å². The van der Waals surface area contributed by atoms with E-state index in [1.165, 1.54) is 32.1 Å². The number of Topliss-reactive ketones (excluding diaryl/α,β-unsaturated/α-hetero) is 1. The Morgan fingerprint density at radius 1 is 1.29 bits per heavy atom. The van der Waals surface area contributed by atoms with E-state index in [9.17, 15) is 4.79 Å². The standard InChI is InChI=1S/C14H19NO2/c1-10(16)13-6-7-14(17-13)15-9-8-11-4-2-3-5-12(11)15/h6-7,11-12H,2-5,8-9H2,1H3. The summed E-state index contributed by atoms with van der Waals surface area (Å²) in [5.41, 5.74) is 0. The number of furan rings is 1. The molecule has 0 aromatic carbocycles. The molecule has 2 aliphatic rings. The molecule has 2 unspecified atom stereocenters. The number of hydrogen-bond acceptors (Lipinski definition) is 3. The van der Waals surface area contributed by atoms with Gasteiger partial charge in [0, 0.05) is 25.6 Å². The van der Waals surface area contributed by atoms with Gasteiger partial charge in [-0.1, -0.05) is 12.8 Å². The largest absolute Gasteiger partial charge is 0.437 e. The van der Waals surface area contributed by atoms with E-state index in [-0.39, 0.29) is 5.78 Å². The molecule has 0 radical (unpaired) electrons. The highest BCUT2D eigenvalue weighted by Crippen LogP contribution is 2.39. The third kappa shape index (κ3) is 1.88. The van der Waals surface area contributed by atoms with E-state index >= 15 is 0 Å². The number of anilines is 1. The zero-order valence-corrected chi connectivity index (χ0v) is 10.3. The molecule has 0 bridgehead atoms. The second kappa shape index (κ2) is 4.21. The van der Waals surface area contributed by atoms with Crippen molar-refractivity contribution in [2.24, 2.45) is 5.92 Å². The van der Waals surface area contributed by atoms with Crippen molar-refractivity contribution in [2.45, 2.75) is 45.1 Å². The van der Waals surface area contributed by atoms with E-state index in [2.05, 4.69) is 4.90 Å². The Hall–Kier alpha value is -1.25. The summed E-state index contributed by atoms with van der Waals surface area (Å²) in [5.74, 6) is 2.23. The smallest absolute Gasteiger partial charge is 0.196 e. The first-order valence-electron chi connectivity index (χ1n) is 6.63. The van der Waals surface area contributed by atoms with Gasteiger partial charge in [-0.25, -0.2) is 0 Å². The normalized spacial score (nSPS) is 28.2. The Kier molecular flexibility index (Phi) is 2.69. The lowest BCUT2D eigenvalue weighted by atomic mass is 9.85. The van der Waals surface area contributed by atoms with E-state index < -0.39 is 0 Å². The third-order valence-electron chi connectivity index (χ3n) is 4.23. The maximum atomic E-state index is 11.2. The summed E-state index contributed by atoms with van der Waals surface area (Å²) in [5, 5.41) is 0. The van der Waals surface area contributed by atoms with Crippen molar-refractivity contribution in [1.82, 2.24) is 0 Å². The van der Waals surface area contributed by atoms with Gasteiger partial charge in [0.05, 0.1) is 0 Å². The molecule has 3 heteroatoms. The molecule has 3 nitrogen and oxygen atoms in total. The zero-order chi connectivity index (χ0) is 11.8. The molecule has 0 amide bonds. The summed E-state index contributed by atoms with van der Waals surface area (Å²) >= 11 is 0. The Bertz CT molecular complexity index is 424. The number of nitrogens with zero attached hydrogens (tertiary/aromatic N) is 1. The molecule has 1 saturated carbocycles. The Labute approximate surface area is 102 Å². The van der Waals surface area contributed by atoms with Crippen LogP contribution in [0.2, 0.25) is 0 Å². The Morgan fingerprint density at radius 3 is 2.88 bits per heavy atom. The summed E-state index contributed by atoms with van der Waals surface area (Å²) < 4.78 is 5.65. The van der Waals surface area contributed by atoms with Crippen LogP contribution in [0.5, 0.6) is 0 Å². The van der Waals surface area contributed by atoms with Gasteiger partial charge in [-0.05, 0) is 31.2 Å². The highest BCUT2D eigenvalue weighted by Gasteiger charge is 2.36. The number of ketones is 1. The molecule has 1 saturated heterocycles. The lowest BCUT2D eigenvalue weighted by Gasteiger charge is -2.31. The molecule has 17 heavy (non-hydrogen) atoms.